The van der Waals surface area contributed by atoms with Gasteiger partial charge in [0.15, 0.2) is 12.7 Å². The summed E-state index contributed by atoms with van der Waals surface area (Å²) in [6, 6.07) is 7.38. The molecule has 0 unspecified atom stereocenters. The predicted molar refractivity (Wildman–Crippen MR) is 77.7 cm³/mol. The number of halogens is 1. The number of rotatable bonds is 4. The summed E-state index contributed by atoms with van der Waals surface area (Å²) in [6.07, 6.45) is 1.01. The van der Waals surface area contributed by atoms with Gasteiger partial charge in [-0.05, 0) is 53.6 Å². The first kappa shape index (κ1) is 14.3. The van der Waals surface area contributed by atoms with Crippen LogP contribution in [0.5, 0.6) is 0 Å². The van der Waals surface area contributed by atoms with Crippen molar-refractivity contribution in [1.82, 2.24) is 0 Å². The Morgan fingerprint density at radius 2 is 2.32 bits per heavy atom. The van der Waals surface area contributed by atoms with Gasteiger partial charge in [-0.1, -0.05) is 6.07 Å². The van der Waals surface area contributed by atoms with Crippen LogP contribution in [0.1, 0.15) is 12.8 Å². The molecule has 1 aliphatic rings. The van der Waals surface area contributed by atoms with E-state index < -0.39 is 12.1 Å². The fraction of sp³-hybridized carbons (Fsp3) is 0.385. The number of ether oxygens (including phenoxy) is 2. The average Bonchev–Trinajstić information content (AvgIpc) is 2.90. The second-order valence-electron chi connectivity index (χ2n) is 4.17. The zero-order chi connectivity index (χ0) is 13.7. The third kappa shape index (κ3) is 4.46. The molecule has 1 N–H and O–H groups in total. The highest BCUT2D eigenvalue weighted by Crippen LogP contribution is 2.14. The Balaban J connectivity index is 1.76. The van der Waals surface area contributed by atoms with Gasteiger partial charge in [-0.15, -0.1) is 0 Å². The van der Waals surface area contributed by atoms with E-state index in [1.807, 2.05) is 18.2 Å². The van der Waals surface area contributed by atoms with Crippen LogP contribution in [-0.4, -0.2) is 31.2 Å². The van der Waals surface area contributed by atoms with Gasteiger partial charge in [0.2, 0.25) is 0 Å². The van der Waals surface area contributed by atoms with E-state index in [-0.39, 0.29) is 12.5 Å². The van der Waals surface area contributed by atoms with Crippen LogP contribution < -0.4 is 5.32 Å². The Labute approximate surface area is 124 Å². The number of nitrogens with one attached hydrogen (secondary N) is 1. The largest absolute Gasteiger partial charge is 0.454 e. The molecule has 19 heavy (non-hydrogen) atoms. The molecule has 1 amide bonds. The Morgan fingerprint density at radius 1 is 1.47 bits per heavy atom. The molecule has 1 aromatic carbocycles. The van der Waals surface area contributed by atoms with Crippen LogP contribution in [-0.2, 0) is 19.1 Å². The number of esters is 1. The molecule has 1 heterocycles. The molecule has 0 bridgehead atoms. The highest BCUT2D eigenvalue weighted by Gasteiger charge is 2.25. The second kappa shape index (κ2) is 6.85. The molecule has 2 rings (SSSR count). The van der Waals surface area contributed by atoms with Gasteiger partial charge in [0.25, 0.3) is 5.91 Å². The first-order valence-corrected chi connectivity index (χ1v) is 7.07. The summed E-state index contributed by atoms with van der Waals surface area (Å²) >= 11 is 2.16. The number of carbonyl (C=O) groups excluding carboxylic acids is 2. The average molecular weight is 375 g/mol. The summed E-state index contributed by atoms with van der Waals surface area (Å²) in [4.78, 5) is 23.1. The lowest BCUT2D eigenvalue weighted by Gasteiger charge is -2.10. The number of hydrogen-bond donors (Lipinski definition) is 1. The molecule has 102 valence electrons. The minimum absolute atomic E-state index is 0.288. The molecule has 1 aliphatic heterocycles. The smallest absolute Gasteiger partial charge is 0.335 e. The van der Waals surface area contributed by atoms with E-state index in [9.17, 15) is 9.59 Å². The maximum absolute atomic E-state index is 11.6. The molecule has 1 fully saturated rings. The Hall–Kier alpha value is -1.15. The minimum Gasteiger partial charge on any atom is -0.454 e. The van der Waals surface area contributed by atoms with Crippen LogP contribution in [0, 0.1) is 3.57 Å². The van der Waals surface area contributed by atoms with Crippen molar-refractivity contribution < 1.29 is 19.1 Å². The van der Waals surface area contributed by atoms with Crippen molar-refractivity contribution in [2.45, 2.75) is 18.9 Å². The summed E-state index contributed by atoms with van der Waals surface area (Å²) < 4.78 is 11.1. The molecule has 0 aliphatic carbocycles. The van der Waals surface area contributed by atoms with Crippen molar-refractivity contribution in [1.29, 1.82) is 0 Å². The molecule has 1 aromatic rings. The predicted octanol–water partition coefficient (Wildman–Crippen LogP) is 1.95. The van der Waals surface area contributed by atoms with Crippen molar-refractivity contribution in [2.24, 2.45) is 0 Å². The fourth-order valence-corrected chi connectivity index (χ4v) is 2.30. The maximum Gasteiger partial charge on any atom is 0.335 e. The number of anilines is 1. The Kier molecular flexibility index (Phi) is 5.15. The van der Waals surface area contributed by atoms with Gasteiger partial charge in [-0.25, -0.2) is 4.79 Å². The van der Waals surface area contributed by atoms with Gasteiger partial charge in [0, 0.05) is 15.9 Å². The highest BCUT2D eigenvalue weighted by molar-refractivity contribution is 14.1. The highest BCUT2D eigenvalue weighted by atomic mass is 127. The van der Waals surface area contributed by atoms with Crippen LogP contribution in [0.3, 0.4) is 0 Å². The maximum atomic E-state index is 11.6. The SMILES string of the molecule is O=C(COC(=O)[C@H]1CCCO1)Nc1cccc(I)c1. The van der Waals surface area contributed by atoms with Crippen molar-refractivity contribution >= 4 is 40.2 Å². The minimum atomic E-state index is -0.509. The van der Waals surface area contributed by atoms with Crippen LogP contribution in [0.25, 0.3) is 0 Å². The second-order valence-corrected chi connectivity index (χ2v) is 5.41. The fourth-order valence-electron chi connectivity index (χ4n) is 1.76. The monoisotopic (exact) mass is 375 g/mol. The first-order chi connectivity index (χ1) is 9.15. The third-order valence-corrected chi connectivity index (χ3v) is 3.32. The standard InChI is InChI=1S/C13H14INO4/c14-9-3-1-4-10(7-9)15-12(16)8-19-13(17)11-5-2-6-18-11/h1,3-4,7,11H,2,5-6,8H2,(H,15,16)/t11-/m1/s1. The molecule has 1 atom stereocenters. The molecule has 6 heteroatoms. The molecule has 0 spiro atoms. The topological polar surface area (TPSA) is 64.6 Å². The number of amides is 1. The summed E-state index contributed by atoms with van der Waals surface area (Å²) in [5, 5.41) is 2.67. The van der Waals surface area contributed by atoms with Crippen molar-refractivity contribution in [3.05, 3.63) is 27.8 Å². The molecule has 0 radical (unpaired) electrons. The summed E-state index contributed by atoms with van der Waals surface area (Å²) in [6.45, 7) is 0.290. The first-order valence-electron chi connectivity index (χ1n) is 5.99. The van der Waals surface area contributed by atoms with Gasteiger partial charge < -0.3 is 14.8 Å². The van der Waals surface area contributed by atoms with Gasteiger partial charge in [0.1, 0.15) is 0 Å². The molecule has 1 saturated heterocycles. The van der Waals surface area contributed by atoms with Gasteiger partial charge in [-0.2, -0.15) is 0 Å². The van der Waals surface area contributed by atoms with Gasteiger partial charge >= 0.3 is 5.97 Å². The van der Waals surface area contributed by atoms with E-state index in [1.54, 1.807) is 6.07 Å². The van der Waals surface area contributed by atoms with E-state index in [0.29, 0.717) is 18.7 Å². The molecule has 0 aromatic heterocycles. The summed E-state index contributed by atoms with van der Waals surface area (Å²) in [7, 11) is 0. The van der Waals surface area contributed by atoms with E-state index in [1.165, 1.54) is 0 Å². The van der Waals surface area contributed by atoms with E-state index >= 15 is 0 Å². The normalized spacial score (nSPS) is 18.1. The van der Waals surface area contributed by atoms with Crippen LogP contribution >= 0.6 is 22.6 Å². The lowest BCUT2D eigenvalue weighted by atomic mass is 10.2. The van der Waals surface area contributed by atoms with E-state index in [0.717, 1.165) is 9.99 Å². The number of benzene rings is 1. The van der Waals surface area contributed by atoms with Crippen molar-refractivity contribution in [3.8, 4) is 0 Å². The molecule has 0 saturated carbocycles. The van der Waals surface area contributed by atoms with Crippen molar-refractivity contribution in [3.63, 3.8) is 0 Å². The zero-order valence-corrected chi connectivity index (χ0v) is 12.4. The van der Waals surface area contributed by atoms with Crippen LogP contribution in [0.2, 0.25) is 0 Å². The molecular formula is C13H14INO4. The lowest BCUT2D eigenvalue weighted by Crippen LogP contribution is -2.27. The summed E-state index contributed by atoms with van der Waals surface area (Å²) in [5.41, 5.74) is 0.685. The number of hydrogen-bond acceptors (Lipinski definition) is 4. The van der Waals surface area contributed by atoms with Crippen LogP contribution in [0.4, 0.5) is 5.69 Å². The van der Waals surface area contributed by atoms with Crippen LogP contribution in [0.15, 0.2) is 24.3 Å². The van der Waals surface area contributed by atoms with Gasteiger partial charge in [-0.3, -0.25) is 4.79 Å². The zero-order valence-electron chi connectivity index (χ0n) is 10.2. The van der Waals surface area contributed by atoms with E-state index in [2.05, 4.69) is 27.9 Å². The Morgan fingerprint density at radius 3 is 3.00 bits per heavy atom. The van der Waals surface area contributed by atoms with E-state index in [4.69, 9.17) is 9.47 Å². The molecule has 5 nitrogen and oxygen atoms in total. The quantitative estimate of drug-likeness (QED) is 0.646. The Bertz CT molecular complexity index is 471. The molecular weight excluding hydrogens is 361 g/mol. The number of carbonyl (C=O) groups is 2. The third-order valence-electron chi connectivity index (χ3n) is 2.65. The summed E-state index contributed by atoms with van der Waals surface area (Å²) in [5.74, 6) is -0.816. The van der Waals surface area contributed by atoms with Gasteiger partial charge in [0.05, 0.1) is 0 Å². The van der Waals surface area contributed by atoms with Crippen molar-refractivity contribution in [2.75, 3.05) is 18.5 Å². The lowest BCUT2D eigenvalue weighted by molar-refractivity contribution is -0.156.